The zero-order valence-corrected chi connectivity index (χ0v) is 13.1. The quantitative estimate of drug-likeness (QED) is 0.727. The smallest absolute Gasteiger partial charge is 0.220 e. The first-order valence-electron chi connectivity index (χ1n) is 7.28. The van der Waals surface area contributed by atoms with Gasteiger partial charge in [0.1, 0.15) is 0 Å². The van der Waals surface area contributed by atoms with E-state index in [2.05, 4.69) is 12.2 Å². The van der Waals surface area contributed by atoms with Gasteiger partial charge in [0.2, 0.25) is 5.91 Å². The highest BCUT2D eigenvalue weighted by molar-refractivity contribution is 5.75. The second-order valence-electron chi connectivity index (χ2n) is 5.17. The van der Waals surface area contributed by atoms with Crippen LogP contribution in [0.1, 0.15) is 25.3 Å². The lowest BCUT2D eigenvalue weighted by atomic mass is 10.1. The predicted octanol–water partition coefficient (Wildman–Crippen LogP) is 1.74. The van der Waals surface area contributed by atoms with Gasteiger partial charge < -0.3 is 20.5 Å². The minimum atomic E-state index is 0.0794. The first-order valence-corrected chi connectivity index (χ1v) is 7.28. The molecule has 21 heavy (non-hydrogen) atoms. The molecule has 1 aromatic carbocycles. The third-order valence-electron chi connectivity index (χ3n) is 3.45. The van der Waals surface area contributed by atoms with Crippen LogP contribution in [-0.2, 0) is 11.2 Å². The zero-order valence-electron chi connectivity index (χ0n) is 13.1. The van der Waals surface area contributed by atoms with E-state index >= 15 is 0 Å². The number of benzene rings is 1. The molecular weight excluding hydrogens is 268 g/mol. The molecule has 0 bridgehead atoms. The lowest BCUT2D eigenvalue weighted by Crippen LogP contribution is -2.26. The second-order valence-corrected chi connectivity index (χ2v) is 5.17. The molecule has 0 saturated heterocycles. The molecule has 5 heteroatoms. The van der Waals surface area contributed by atoms with Crippen LogP contribution in [0.3, 0.4) is 0 Å². The largest absolute Gasteiger partial charge is 0.493 e. The molecule has 0 heterocycles. The standard InChI is InChI=1S/C16H26N2O3/c1-12(11-17)4-7-16(19)18-9-8-13-5-6-14(20-2)15(10-13)21-3/h5-6,10,12H,4,7-9,11,17H2,1-3H3,(H,18,19). The molecule has 0 aliphatic rings. The third kappa shape index (κ3) is 6.04. The Hall–Kier alpha value is -1.75. The maximum absolute atomic E-state index is 11.7. The first-order chi connectivity index (χ1) is 10.1. The van der Waals surface area contributed by atoms with Crippen molar-refractivity contribution in [1.29, 1.82) is 0 Å². The van der Waals surface area contributed by atoms with Gasteiger partial charge in [0.15, 0.2) is 11.5 Å². The van der Waals surface area contributed by atoms with Gasteiger partial charge >= 0.3 is 0 Å². The maximum Gasteiger partial charge on any atom is 0.220 e. The maximum atomic E-state index is 11.7. The van der Waals surface area contributed by atoms with Gasteiger partial charge in [-0.3, -0.25) is 4.79 Å². The van der Waals surface area contributed by atoms with Crippen LogP contribution in [0, 0.1) is 5.92 Å². The summed E-state index contributed by atoms with van der Waals surface area (Å²) in [7, 11) is 3.22. The summed E-state index contributed by atoms with van der Waals surface area (Å²) in [6, 6.07) is 5.78. The molecule has 1 atom stereocenters. The van der Waals surface area contributed by atoms with Crippen molar-refractivity contribution < 1.29 is 14.3 Å². The first kappa shape index (κ1) is 17.3. The Labute approximate surface area is 126 Å². The van der Waals surface area contributed by atoms with Crippen LogP contribution >= 0.6 is 0 Å². The fraction of sp³-hybridized carbons (Fsp3) is 0.562. The van der Waals surface area contributed by atoms with E-state index in [1.54, 1.807) is 14.2 Å². The van der Waals surface area contributed by atoms with Crippen LogP contribution in [0.5, 0.6) is 11.5 Å². The Morgan fingerprint density at radius 2 is 2.00 bits per heavy atom. The molecule has 1 unspecified atom stereocenters. The van der Waals surface area contributed by atoms with Crippen LogP contribution in [0.4, 0.5) is 0 Å². The number of hydrogen-bond donors (Lipinski definition) is 2. The molecule has 1 aromatic rings. The summed E-state index contributed by atoms with van der Waals surface area (Å²) < 4.78 is 10.5. The number of carbonyl (C=O) groups is 1. The average Bonchev–Trinajstić information content (AvgIpc) is 2.52. The van der Waals surface area contributed by atoms with Crippen LogP contribution in [-0.4, -0.2) is 33.2 Å². The van der Waals surface area contributed by atoms with Gasteiger partial charge in [-0.15, -0.1) is 0 Å². The summed E-state index contributed by atoms with van der Waals surface area (Å²) in [5.74, 6) is 1.89. The molecule has 0 aliphatic heterocycles. The molecule has 0 saturated carbocycles. The number of nitrogens with one attached hydrogen (secondary N) is 1. The molecule has 0 aromatic heterocycles. The molecule has 1 rings (SSSR count). The number of amides is 1. The monoisotopic (exact) mass is 294 g/mol. The number of carbonyl (C=O) groups excluding carboxylic acids is 1. The van der Waals surface area contributed by atoms with Crippen molar-refractivity contribution in [3.63, 3.8) is 0 Å². The van der Waals surface area contributed by atoms with Crippen molar-refractivity contribution in [2.75, 3.05) is 27.3 Å². The molecule has 1 amide bonds. The van der Waals surface area contributed by atoms with Crippen LogP contribution < -0.4 is 20.5 Å². The molecule has 3 N–H and O–H groups in total. The van der Waals surface area contributed by atoms with Gasteiger partial charge in [-0.2, -0.15) is 0 Å². The van der Waals surface area contributed by atoms with Crippen LogP contribution in [0.25, 0.3) is 0 Å². The van der Waals surface area contributed by atoms with E-state index in [1.165, 1.54) is 0 Å². The molecule has 118 valence electrons. The van der Waals surface area contributed by atoms with Crippen LogP contribution in [0.2, 0.25) is 0 Å². The van der Waals surface area contributed by atoms with Gasteiger partial charge in [-0.1, -0.05) is 13.0 Å². The fourth-order valence-corrected chi connectivity index (χ4v) is 1.97. The Morgan fingerprint density at radius 3 is 2.62 bits per heavy atom. The van der Waals surface area contributed by atoms with E-state index in [1.807, 2.05) is 18.2 Å². The highest BCUT2D eigenvalue weighted by Gasteiger charge is 2.07. The predicted molar refractivity (Wildman–Crippen MR) is 83.7 cm³/mol. The summed E-state index contributed by atoms with van der Waals surface area (Å²) in [6.45, 7) is 3.29. The molecule has 5 nitrogen and oxygen atoms in total. The molecular formula is C16H26N2O3. The van der Waals surface area contributed by atoms with Gasteiger partial charge in [0.25, 0.3) is 0 Å². The summed E-state index contributed by atoms with van der Waals surface area (Å²) in [4.78, 5) is 11.7. The number of hydrogen-bond acceptors (Lipinski definition) is 4. The van der Waals surface area contributed by atoms with Crippen molar-refractivity contribution in [2.45, 2.75) is 26.2 Å². The van der Waals surface area contributed by atoms with Crippen LogP contribution in [0.15, 0.2) is 18.2 Å². The summed E-state index contributed by atoms with van der Waals surface area (Å²) in [6.07, 6.45) is 2.13. The Bertz CT molecular complexity index is 449. The minimum Gasteiger partial charge on any atom is -0.493 e. The normalized spacial score (nSPS) is 11.8. The summed E-state index contributed by atoms with van der Waals surface area (Å²) in [5.41, 5.74) is 6.63. The van der Waals surface area contributed by atoms with E-state index in [0.29, 0.717) is 36.9 Å². The van der Waals surface area contributed by atoms with E-state index in [0.717, 1.165) is 18.4 Å². The number of methoxy groups -OCH3 is 2. The highest BCUT2D eigenvalue weighted by Crippen LogP contribution is 2.27. The Morgan fingerprint density at radius 1 is 1.29 bits per heavy atom. The Balaban J connectivity index is 2.37. The SMILES string of the molecule is COc1ccc(CCNC(=O)CCC(C)CN)cc1OC. The highest BCUT2D eigenvalue weighted by atomic mass is 16.5. The number of ether oxygens (including phenoxy) is 2. The van der Waals surface area contributed by atoms with Crippen molar-refractivity contribution in [3.8, 4) is 11.5 Å². The van der Waals surface area contributed by atoms with Crippen molar-refractivity contribution in [2.24, 2.45) is 11.7 Å². The summed E-state index contributed by atoms with van der Waals surface area (Å²) >= 11 is 0. The van der Waals surface area contributed by atoms with Crippen molar-refractivity contribution in [1.82, 2.24) is 5.32 Å². The molecule has 0 spiro atoms. The minimum absolute atomic E-state index is 0.0794. The second kappa shape index (κ2) is 9.23. The topological polar surface area (TPSA) is 73.6 Å². The average molecular weight is 294 g/mol. The third-order valence-corrected chi connectivity index (χ3v) is 3.45. The molecule has 0 fully saturated rings. The van der Waals surface area contributed by atoms with Gasteiger partial charge in [0.05, 0.1) is 14.2 Å². The molecule has 0 aliphatic carbocycles. The fourth-order valence-electron chi connectivity index (χ4n) is 1.97. The molecule has 0 radical (unpaired) electrons. The van der Waals surface area contributed by atoms with E-state index < -0.39 is 0 Å². The number of nitrogens with two attached hydrogens (primary N) is 1. The number of rotatable bonds is 9. The Kier molecular flexibility index (Phi) is 7.61. The van der Waals surface area contributed by atoms with Gasteiger partial charge in [0, 0.05) is 13.0 Å². The van der Waals surface area contributed by atoms with Gasteiger partial charge in [-0.25, -0.2) is 0 Å². The lowest BCUT2D eigenvalue weighted by Gasteiger charge is -2.11. The van der Waals surface area contributed by atoms with Crippen molar-refractivity contribution >= 4 is 5.91 Å². The van der Waals surface area contributed by atoms with E-state index in [4.69, 9.17) is 15.2 Å². The van der Waals surface area contributed by atoms with Gasteiger partial charge in [-0.05, 0) is 43.0 Å². The van der Waals surface area contributed by atoms with E-state index in [-0.39, 0.29) is 5.91 Å². The summed E-state index contributed by atoms with van der Waals surface area (Å²) in [5, 5.41) is 2.92. The van der Waals surface area contributed by atoms with Crippen molar-refractivity contribution in [3.05, 3.63) is 23.8 Å². The lowest BCUT2D eigenvalue weighted by molar-refractivity contribution is -0.121. The zero-order chi connectivity index (χ0) is 15.7. The van der Waals surface area contributed by atoms with E-state index in [9.17, 15) is 4.79 Å².